The van der Waals surface area contributed by atoms with Gasteiger partial charge in [0.15, 0.2) is 11.6 Å². The lowest BCUT2D eigenvalue weighted by molar-refractivity contribution is -0.373. The predicted molar refractivity (Wildman–Crippen MR) is 76.0 cm³/mol. The molecule has 0 bridgehead atoms. The molecule has 0 atom stereocenters. The summed E-state index contributed by atoms with van der Waals surface area (Å²) in [5.41, 5.74) is 0. The number of hydrogen-bond acceptors (Lipinski definition) is 3. The molecule has 0 N–H and O–H groups in total. The summed E-state index contributed by atoms with van der Waals surface area (Å²) in [5, 5.41) is 0. The highest BCUT2D eigenvalue weighted by molar-refractivity contribution is 4.83. The monoisotopic (exact) mass is 270 g/mol. The minimum Gasteiger partial charge on any atom is -0.350 e. The summed E-state index contributed by atoms with van der Waals surface area (Å²) in [5.74, 6) is -0.751. The van der Waals surface area contributed by atoms with Gasteiger partial charge in [-0.1, -0.05) is 12.8 Å². The zero-order valence-electron chi connectivity index (χ0n) is 12.7. The van der Waals surface area contributed by atoms with Crippen LogP contribution >= 0.6 is 0 Å². The summed E-state index contributed by atoms with van der Waals surface area (Å²) in [6, 6.07) is 0. The van der Waals surface area contributed by atoms with E-state index in [0.29, 0.717) is 0 Å². The Kier molecular flexibility index (Phi) is 5.67. The van der Waals surface area contributed by atoms with Gasteiger partial charge in [-0.2, -0.15) is 0 Å². The SMILES string of the molecule is CCOC1(OC2(OCC)CCCCC2)CCCCC1. The molecule has 2 aliphatic rings. The van der Waals surface area contributed by atoms with Gasteiger partial charge in [-0.3, -0.25) is 0 Å². The molecule has 2 aliphatic carbocycles. The van der Waals surface area contributed by atoms with Crippen LogP contribution < -0.4 is 0 Å². The van der Waals surface area contributed by atoms with Gasteiger partial charge in [0.1, 0.15) is 0 Å². The minimum absolute atomic E-state index is 0.375. The Hall–Kier alpha value is -0.120. The Bertz CT molecular complexity index is 216. The summed E-state index contributed by atoms with van der Waals surface area (Å²) >= 11 is 0. The quantitative estimate of drug-likeness (QED) is 0.670. The molecule has 0 heterocycles. The topological polar surface area (TPSA) is 27.7 Å². The van der Waals surface area contributed by atoms with E-state index in [4.69, 9.17) is 14.2 Å². The first-order valence-electron chi connectivity index (χ1n) is 8.22. The van der Waals surface area contributed by atoms with Gasteiger partial charge >= 0.3 is 0 Å². The maximum Gasteiger partial charge on any atom is 0.171 e. The molecule has 2 saturated carbocycles. The Balaban J connectivity index is 2.07. The lowest BCUT2D eigenvalue weighted by Crippen LogP contribution is -2.50. The fourth-order valence-corrected chi connectivity index (χ4v) is 3.60. The molecule has 0 aliphatic heterocycles. The molecule has 0 aromatic heterocycles. The van der Waals surface area contributed by atoms with Gasteiger partial charge in [-0.25, -0.2) is 0 Å². The van der Waals surface area contributed by atoms with Crippen LogP contribution in [0.2, 0.25) is 0 Å². The van der Waals surface area contributed by atoms with Crippen LogP contribution in [0.25, 0.3) is 0 Å². The van der Waals surface area contributed by atoms with E-state index in [1.165, 1.54) is 38.5 Å². The van der Waals surface area contributed by atoms with Crippen molar-refractivity contribution in [2.24, 2.45) is 0 Å². The molecule has 2 rings (SSSR count). The Morgan fingerprint density at radius 2 is 1.00 bits per heavy atom. The lowest BCUT2D eigenvalue weighted by atomic mass is 9.90. The first-order chi connectivity index (χ1) is 9.24. The smallest absolute Gasteiger partial charge is 0.171 e. The van der Waals surface area contributed by atoms with E-state index in [0.717, 1.165) is 38.9 Å². The van der Waals surface area contributed by atoms with Crippen molar-refractivity contribution < 1.29 is 14.2 Å². The second-order valence-corrected chi connectivity index (χ2v) is 5.91. The van der Waals surface area contributed by atoms with E-state index in [9.17, 15) is 0 Å². The number of rotatable bonds is 6. The first kappa shape index (κ1) is 15.3. The van der Waals surface area contributed by atoms with E-state index < -0.39 is 0 Å². The summed E-state index contributed by atoms with van der Waals surface area (Å²) in [6.45, 7) is 5.58. The van der Waals surface area contributed by atoms with Crippen LogP contribution in [0.5, 0.6) is 0 Å². The molecule has 0 amide bonds. The second kappa shape index (κ2) is 7.05. The normalized spacial score (nSPS) is 26.2. The van der Waals surface area contributed by atoms with E-state index in [2.05, 4.69) is 13.8 Å². The third-order valence-corrected chi connectivity index (χ3v) is 4.42. The molecule has 112 valence electrons. The highest BCUT2D eigenvalue weighted by Crippen LogP contribution is 2.42. The second-order valence-electron chi connectivity index (χ2n) is 5.91. The highest BCUT2D eigenvalue weighted by Gasteiger charge is 2.44. The van der Waals surface area contributed by atoms with Gasteiger partial charge in [0.05, 0.1) is 0 Å². The average molecular weight is 270 g/mol. The molecule has 19 heavy (non-hydrogen) atoms. The zero-order chi connectivity index (χ0) is 13.6. The van der Waals surface area contributed by atoms with Gasteiger partial charge < -0.3 is 14.2 Å². The average Bonchev–Trinajstić information content (AvgIpc) is 2.41. The molecular weight excluding hydrogens is 240 g/mol. The zero-order valence-corrected chi connectivity index (χ0v) is 12.7. The molecule has 3 nitrogen and oxygen atoms in total. The standard InChI is InChI=1S/C16H30O3/c1-3-17-15(11-7-5-8-12-15)19-16(18-4-2)13-9-6-10-14-16/h3-14H2,1-2H3. The maximum atomic E-state index is 6.54. The maximum absolute atomic E-state index is 6.54. The summed E-state index contributed by atoms with van der Waals surface area (Å²) in [6.07, 6.45) is 11.5. The lowest BCUT2D eigenvalue weighted by Gasteiger charge is -2.46. The molecular formula is C16H30O3. The fraction of sp³-hybridized carbons (Fsp3) is 1.00. The van der Waals surface area contributed by atoms with Gasteiger partial charge in [-0.05, 0) is 39.5 Å². The number of hydrogen-bond donors (Lipinski definition) is 0. The van der Waals surface area contributed by atoms with Crippen LogP contribution in [-0.2, 0) is 14.2 Å². The van der Waals surface area contributed by atoms with Crippen LogP contribution in [0.4, 0.5) is 0 Å². The summed E-state index contributed by atoms with van der Waals surface area (Å²) in [7, 11) is 0. The van der Waals surface area contributed by atoms with Crippen molar-refractivity contribution in [3.8, 4) is 0 Å². The van der Waals surface area contributed by atoms with Gasteiger partial charge in [0.25, 0.3) is 0 Å². The Labute approximate surface area is 118 Å². The van der Waals surface area contributed by atoms with Crippen molar-refractivity contribution >= 4 is 0 Å². The molecule has 0 unspecified atom stereocenters. The summed E-state index contributed by atoms with van der Waals surface area (Å²) < 4.78 is 18.6. The van der Waals surface area contributed by atoms with Crippen molar-refractivity contribution in [2.45, 2.75) is 89.6 Å². The van der Waals surface area contributed by atoms with Crippen molar-refractivity contribution in [1.82, 2.24) is 0 Å². The Morgan fingerprint density at radius 1 is 0.632 bits per heavy atom. The molecule has 0 saturated heterocycles. The minimum atomic E-state index is -0.375. The van der Waals surface area contributed by atoms with Crippen LogP contribution in [-0.4, -0.2) is 24.8 Å². The van der Waals surface area contributed by atoms with Crippen molar-refractivity contribution in [1.29, 1.82) is 0 Å². The van der Waals surface area contributed by atoms with E-state index in [1.54, 1.807) is 0 Å². The van der Waals surface area contributed by atoms with Crippen LogP contribution in [0.1, 0.15) is 78.1 Å². The third kappa shape index (κ3) is 3.93. The predicted octanol–water partition coefficient (Wildman–Crippen LogP) is 4.40. The van der Waals surface area contributed by atoms with E-state index >= 15 is 0 Å². The molecule has 0 spiro atoms. The molecule has 3 heteroatoms. The first-order valence-corrected chi connectivity index (χ1v) is 8.22. The Morgan fingerprint density at radius 3 is 1.32 bits per heavy atom. The van der Waals surface area contributed by atoms with E-state index in [1.807, 2.05) is 0 Å². The molecule has 2 fully saturated rings. The van der Waals surface area contributed by atoms with Crippen LogP contribution in [0.3, 0.4) is 0 Å². The van der Waals surface area contributed by atoms with Crippen molar-refractivity contribution in [3.05, 3.63) is 0 Å². The fourth-order valence-electron chi connectivity index (χ4n) is 3.60. The largest absolute Gasteiger partial charge is 0.350 e. The van der Waals surface area contributed by atoms with Gasteiger partial charge in [-0.15, -0.1) is 0 Å². The number of ether oxygens (including phenoxy) is 3. The van der Waals surface area contributed by atoms with Gasteiger partial charge in [0, 0.05) is 38.9 Å². The molecule has 0 aromatic rings. The molecule has 0 radical (unpaired) electrons. The summed E-state index contributed by atoms with van der Waals surface area (Å²) in [4.78, 5) is 0. The molecule has 0 aromatic carbocycles. The highest BCUT2D eigenvalue weighted by atomic mass is 16.8. The van der Waals surface area contributed by atoms with Gasteiger partial charge in [0.2, 0.25) is 0 Å². The van der Waals surface area contributed by atoms with Crippen LogP contribution in [0, 0.1) is 0 Å². The van der Waals surface area contributed by atoms with Crippen LogP contribution in [0.15, 0.2) is 0 Å². The van der Waals surface area contributed by atoms with Crippen molar-refractivity contribution in [3.63, 3.8) is 0 Å². The van der Waals surface area contributed by atoms with Crippen molar-refractivity contribution in [2.75, 3.05) is 13.2 Å². The van der Waals surface area contributed by atoms with E-state index in [-0.39, 0.29) is 11.6 Å². The third-order valence-electron chi connectivity index (χ3n) is 4.42.